The molecule has 0 spiro atoms. The Labute approximate surface area is 364 Å². The number of carbonyl (C=O) groups excluding carboxylic acids is 5. The highest BCUT2D eigenvalue weighted by molar-refractivity contribution is 5.94. The van der Waals surface area contributed by atoms with Crippen LogP contribution in [0.4, 0.5) is 0 Å². The number of esters is 5. The highest BCUT2D eigenvalue weighted by Gasteiger charge is 2.22. The van der Waals surface area contributed by atoms with E-state index in [4.69, 9.17) is 33.2 Å². The summed E-state index contributed by atoms with van der Waals surface area (Å²) in [6, 6.07) is 21.6. The minimum absolute atomic E-state index is 0.0525. The molecule has 0 N–H and O–H groups in total. The maximum Gasteiger partial charge on any atom is 0.343 e. The molecule has 0 atom stereocenters. The molecule has 0 saturated heterocycles. The van der Waals surface area contributed by atoms with Gasteiger partial charge in [-0.05, 0) is 137 Å². The Morgan fingerprint density at radius 2 is 0.871 bits per heavy atom. The smallest absolute Gasteiger partial charge is 0.343 e. The highest BCUT2D eigenvalue weighted by atomic mass is 16.6. The summed E-state index contributed by atoms with van der Waals surface area (Å²) < 4.78 is 38.6. The van der Waals surface area contributed by atoms with Crippen molar-refractivity contribution in [1.82, 2.24) is 0 Å². The van der Waals surface area contributed by atoms with E-state index in [0.29, 0.717) is 48.9 Å². The lowest BCUT2D eigenvalue weighted by molar-refractivity contribution is -0.152. The van der Waals surface area contributed by atoms with Crippen LogP contribution in [-0.2, 0) is 38.1 Å². The fraction of sp³-hybridized carbons (Fsp3) is 0.460. The molecule has 62 heavy (non-hydrogen) atoms. The van der Waals surface area contributed by atoms with Gasteiger partial charge in [-0.15, -0.1) is 0 Å². The van der Waals surface area contributed by atoms with E-state index in [1.165, 1.54) is 6.42 Å². The number of benzene rings is 3. The van der Waals surface area contributed by atoms with E-state index < -0.39 is 29.8 Å². The number of unbranched alkanes of at least 4 members (excludes halogenated alkanes) is 3. The first-order valence-corrected chi connectivity index (χ1v) is 22.0. The maximum atomic E-state index is 12.8. The topological polar surface area (TPSA) is 150 Å². The summed E-state index contributed by atoms with van der Waals surface area (Å²) in [5, 5.41) is 0. The first kappa shape index (κ1) is 47.1. The summed E-state index contributed by atoms with van der Waals surface area (Å²) in [7, 11) is 0. The van der Waals surface area contributed by atoms with Gasteiger partial charge in [-0.25, -0.2) is 14.4 Å². The average molecular weight is 853 g/mol. The van der Waals surface area contributed by atoms with Gasteiger partial charge in [0.2, 0.25) is 0 Å². The number of carbonyl (C=O) groups is 5. The molecule has 3 aromatic rings. The molecule has 2 fully saturated rings. The lowest BCUT2D eigenvalue weighted by atomic mass is 9.98. The molecular weight excluding hydrogens is 793 g/mol. The summed E-state index contributed by atoms with van der Waals surface area (Å²) in [4.78, 5) is 61.5. The maximum absolute atomic E-state index is 12.8. The van der Waals surface area contributed by atoms with E-state index in [-0.39, 0.29) is 49.4 Å². The quantitative estimate of drug-likeness (QED) is 0.0277. The van der Waals surface area contributed by atoms with Gasteiger partial charge in [0, 0.05) is 17.6 Å². The Kier molecular flexibility index (Phi) is 19.6. The molecule has 12 heteroatoms. The first-order valence-electron chi connectivity index (χ1n) is 22.0. The van der Waals surface area contributed by atoms with Crippen molar-refractivity contribution in [2.24, 2.45) is 0 Å². The SMILES string of the molecule is C=C(CC(=O)OC1CCCCC1)C(=O)OCCCCCCOc1ccc(C(=O)Oc2ccc(-c3ccc(OCCCOC(=O)C(=C)CC(=O)OC4CCCCC4)cc3)cc2)cc1. The minimum Gasteiger partial charge on any atom is -0.494 e. The Balaban J connectivity index is 0.894. The van der Waals surface area contributed by atoms with Gasteiger partial charge in [-0.2, -0.15) is 0 Å². The van der Waals surface area contributed by atoms with Crippen molar-refractivity contribution < 1.29 is 57.1 Å². The van der Waals surface area contributed by atoms with E-state index in [2.05, 4.69) is 13.2 Å². The molecule has 3 aromatic carbocycles. The van der Waals surface area contributed by atoms with Crippen molar-refractivity contribution in [1.29, 1.82) is 0 Å². The van der Waals surface area contributed by atoms with Crippen molar-refractivity contribution in [2.45, 2.75) is 121 Å². The predicted octanol–water partition coefficient (Wildman–Crippen LogP) is 10.0. The fourth-order valence-corrected chi connectivity index (χ4v) is 7.16. The molecule has 2 aliphatic rings. The van der Waals surface area contributed by atoms with Crippen molar-refractivity contribution in [2.75, 3.05) is 26.4 Å². The van der Waals surface area contributed by atoms with Gasteiger partial charge < -0.3 is 33.2 Å². The molecule has 0 heterocycles. The molecule has 2 aliphatic carbocycles. The van der Waals surface area contributed by atoms with Crippen molar-refractivity contribution >= 4 is 29.8 Å². The monoisotopic (exact) mass is 852 g/mol. The molecule has 0 amide bonds. The Bertz CT molecular complexity index is 1920. The number of hydrogen-bond donors (Lipinski definition) is 0. The third-order valence-electron chi connectivity index (χ3n) is 10.7. The average Bonchev–Trinajstić information content (AvgIpc) is 3.28. The number of ether oxygens (including phenoxy) is 7. The van der Waals surface area contributed by atoms with Crippen molar-refractivity contribution in [3.05, 3.63) is 103 Å². The molecule has 12 nitrogen and oxygen atoms in total. The van der Waals surface area contributed by atoms with Gasteiger partial charge in [-0.1, -0.05) is 50.3 Å². The van der Waals surface area contributed by atoms with E-state index in [1.54, 1.807) is 36.4 Å². The molecule has 5 rings (SSSR count). The van der Waals surface area contributed by atoms with Crippen LogP contribution >= 0.6 is 0 Å². The molecule has 0 radical (unpaired) electrons. The zero-order chi connectivity index (χ0) is 43.9. The first-order chi connectivity index (χ1) is 30.1. The number of hydrogen-bond acceptors (Lipinski definition) is 12. The summed E-state index contributed by atoms with van der Waals surface area (Å²) in [6.45, 7) is 8.62. The molecule has 0 aromatic heterocycles. The summed E-state index contributed by atoms with van der Waals surface area (Å²) in [5.74, 6) is -0.793. The van der Waals surface area contributed by atoms with Gasteiger partial charge in [0.05, 0.1) is 44.8 Å². The van der Waals surface area contributed by atoms with Crippen LogP contribution in [0.1, 0.15) is 120 Å². The summed E-state index contributed by atoms with van der Waals surface area (Å²) >= 11 is 0. The predicted molar refractivity (Wildman–Crippen MR) is 233 cm³/mol. The van der Waals surface area contributed by atoms with Crippen LogP contribution < -0.4 is 14.2 Å². The van der Waals surface area contributed by atoms with Crippen molar-refractivity contribution in [3.8, 4) is 28.4 Å². The second-order valence-corrected chi connectivity index (χ2v) is 15.8. The third-order valence-corrected chi connectivity index (χ3v) is 10.7. The van der Waals surface area contributed by atoms with Crippen LogP contribution in [0.3, 0.4) is 0 Å². The van der Waals surface area contributed by atoms with Crippen LogP contribution in [0.15, 0.2) is 97.1 Å². The van der Waals surface area contributed by atoms with Crippen LogP contribution in [0, 0.1) is 0 Å². The Morgan fingerprint density at radius 3 is 1.35 bits per heavy atom. The van der Waals surface area contributed by atoms with Crippen LogP contribution in [0.25, 0.3) is 11.1 Å². The molecule has 2 saturated carbocycles. The third kappa shape index (κ3) is 16.9. The second kappa shape index (κ2) is 25.8. The largest absolute Gasteiger partial charge is 0.494 e. The van der Waals surface area contributed by atoms with Gasteiger partial charge in [-0.3, -0.25) is 9.59 Å². The minimum atomic E-state index is -0.609. The summed E-state index contributed by atoms with van der Waals surface area (Å²) in [6.07, 6.45) is 13.3. The number of rotatable bonds is 24. The van der Waals surface area contributed by atoms with E-state index in [9.17, 15) is 24.0 Å². The van der Waals surface area contributed by atoms with E-state index >= 15 is 0 Å². The van der Waals surface area contributed by atoms with Crippen molar-refractivity contribution in [3.63, 3.8) is 0 Å². The lowest BCUT2D eigenvalue weighted by Gasteiger charge is -2.21. The standard InChI is InChI=1S/C50H60O12/c1-36(34-46(51)60-43-14-7-5-8-15-43)48(53)58-31-12-4-3-11-30-56-42-26-22-40(23-27-42)50(55)62-45-28-20-39(21-29-45)38-18-24-41(25-19-38)57-32-13-33-59-49(54)37(2)35-47(52)61-44-16-9-6-10-17-44/h18-29,43-44H,1-17,30-35H2. The van der Waals surface area contributed by atoms with Crippen LogP contribution in [0.5, 0.6) is 17.2 Å². The van der Waals surface area contributed by atoms with E-state index in [1.807, 2.05) is 36.4 Å². The molecule has 0 aliphatic heterocycles. The van der Waals surface area contributed by atoms with E-state index in [0.717, 1.165) is 88.2 Å². The zero-order valence-corrected chi connectivity index (χ0v) is 35.7. The van der Waals surface area contributed by atoms with Gasteiger partial charge in [0.1, 0.15) is 29.5 Å². The molecule has 332 valence electrons. The summed E-state index contributed by atoms with van der Waals surface area (Å²) in [5.41, 5.74) is 2.48. The Morgan fingerprint density at radius 1 is 0.468 bits per heavy atom. The molecular formula is C50H60O12. The van der Waals surface area contributed by atoms with Crippen LogP contribution in [0.2, 0.25) is 0 Å². The normalized spacial score (nSPS) is 14.2. The van der Waals surface area contributed by atoms with Gasteiger partial charge in [0.15, 0.2) is 0 Å². The fourth-order valence-electron chi connectivity index (χ4n) is 7.16. The zero-order valence-electron chi connectivity index (χ0n) is 35.7. The van der Waals surface area contributed by atoms with Crippen LogP contribution in [-0.4, -0.2) is 68.5 Å². The Hall–Kier alpha value is -5.91. The molecule has 0 unspecified atom stereocenters. The van der Waals surface area contributed by atoms with Gasteiger partial charge in [0.25, 0.3) is 0 Å². The van der Waals surface area contributed by atoms with Gasteiger partial charge >= 0.3 is 29.8 Å². The highest BCUT2D eigenvalue weighted by Crippen LogP contribution is 2.26. The molecule has 0 bridgehead atoms. The lowest BCUT2D eigenvalue weighted by Crippen LogP contribution is -2.22. The second-order valence-electron chi connectivity index (χ2n) is 15.8.